The van der Waals surface area contributed by atoms with E-state index in [9.17, 15) is 4.79 Å². The topological polar surface area (TPSA) is 40.5 Å². The number of hydrogen-bond donors (Lipinski definition) is 1. The zero-order chi connectivity index (χ0) is 15.2. The van der Waals surface area contributed by atoms with Gasteiger partial charge in [0.2, 0.25) is 0 Å². The van der Waals surface area contributed by atoms with E-state index in [1.165, 1.54) is 4.88 Å². The van der Waals surface area contributed by atoms with Crippen LogP contribution in [0.4, 0.5) is 0 Å². The molecule has 1 N–H and O–H groups in total. The summed E-state index contributed by atoms with van der Waals surface area (Å²) in [6.07, 6.45) is 2.77. The molecule has 1 aromatic carbocycles. The van der Waals surface area contributed by atoms with Crippen LogP contribution in [0.5, 0.6) is 0 Å². The van der Waals surface area contributed by atoms with E-state index in [0.29, 0.717) is 0 Å². The van der Waals surface area contributed by atoms with Crippen molar-refractivity contribution >= 4 is 35.0 Å². The summed E-state index contributed by atoms with van der Waals surface area (Å²) < 4.78 is 0. The fourth-order valence-electron chi connectivity index (χ4n) is 1.96. The largest absolute Gasteiger partial charge is 0.478 e. The number of aliphatic carboxylic acids is 1. The molecule has 1 aromatic heterocycles. The average molecular weight is 322 g/mol. The third-order valence-electron chi connectivity index (χ3n) is 2.90. The third kappa shape index (κ3) is 5.01. The van der Waals surface area contributed by atoms with Crippen LogP contribution in [0.1, 0.15) is 15.3 Å². The molecule has 2 rings (SSSR count). The first-order chi connectivity index (χ1) is 10.0. The average Bonchev–Trinajstić information content (AvgIpc) is 2.86. The van der Waals surface area contributed by atoms with Gasteiger partial charge in [0.25, 0.3) is 0 Å². The van der Waals surface area contributed by atoms with Crippen molar-refractivity contribution < 1.29 is 9.90 Å². The normalized spacial score (nSPS) is 11.4. The molecule has 0 saturated heterocycles. The van der Waals surface area contributed by atoms with Crippen LogP contribution in [0.25, 0.3) is 6.08 Å². The Morgan fingerprint density at radius 1 is 1.29 bits per heavy atom. The molecule has 0 spiro atoms. The first-order valence-corrected chi connectivity index (χ1v) is 7.65. The Morgan fingerprint density at radius 3 is 2.76 bits per heavy atom. The molecular weight excluding hydrogens is 306 g/mol. The van der Waals surface area contributed by atoms with Crippen molar-refractivity contribution in [2.75, 3.05) is 7.05 Å². The van der Waals surface area contributed by atoms with Gasteiger partial charge in [-0.2, -0.15) is 0 Å². The third-order valence-corrected chi connectivity index (χ3v) is 4.30. The summed E-state index contributed by atoms with van der Waals surface area (Å²) in [6, 6.07) is 11.8. The molecule has 0 aliphatic rings. The van der Waals surface area contributed by atoms with E-state index >= 15 is 0 Å². The molecule has 0 atom stereocenters. The van der Waals surface area contributed by atoms with Gasteiger partial charge >= 0.3 is 5.97 Å². The van der Waals surface area contributed by atoms with E-state index < -0.39 is 5.97 Å². The zero-order valence-corrected chi connectivity index (χ0v) is 13.2. The number of nitrogens with zero attached hydrogens (tertiary/aromatic N) is 1. The molecule has 0 amide bonds. The van der Waals surface area contributed by atoms with Crippen LogP contribution in [0, 0.1) is 0 Å². The Morgan fingerprint density at radius 2 is 2.05 bits per heavy atom. The molecule has 0 bridgehead atoms. The van der Waals surface area contributed by atoms with Gasteiger partial charge in [-0.3, -0.25) is 4.90 Å². The molecule has 0 saturated carbocycles. The predicted molar refractivity (Wildman–Crippen MR) is 87.6 cm³/mol. The minimum Gasteiger partial charge on any atom is -0.478 e. The van der Waals surface area contributed by atoms with Gasteiger partial charge in [-0.05, 0) is 36.9 Å². The summed E-state index contributed by atoms with van der Waals surface area (Å²) in [5.41, 5.74) is 1.10. The van der Waals surface area contributed by atoms with E-state index in [2.05, 4.69) is 4.90 Å². The second-order valence-electron chi connectivity index (χ2n) is 4.74. The first kappa shape index (κ1) is 15.8. The molecule has 5 heteroatoms. The van der Waals surface area contributed by atoms with Gasteiger partial charge in [0, 0.05) is 33.9 Å². The number of hydrogen-bond acceptors (Lipinski definition) is 3. The summed E-state index contributed by atoms with van der Waals surface area (Å²) in [4.78, 5) is 14.8. The lowest BCUT2D eigenvalue weighted by molar-refractivity contribution is -0.131. The summed E-state index contributed by atoms with van der Waals surface area (Å²) in [5.74, 6) is -0.930. The number of thiophene rings is 1. The van der Waals surface area contributed by atoms with Crippen LogP contribution in [0.15, 0.2) is 42.5 Å². The van der Waals surface area contributed by atoms with Crippen molar-refractivity contribution in [2.45, 2.75) is 13.1 Å². The minimum atomic E-state index is -0.930. The van der Waals surface area contributed by atoms with E-state index in [1.807, 2.05) is 43.4 Å². The highest BCUT2D eigenvalue weighted by Crippen LogP contribution is 2.21. The summed E-state index contributed by atoms with van der Waals surface area (Å²) in [7, 11) is 2.04. The van der Waals surface area contributed by atoms with Crippen molar-refractivity contribution in [3.05, 3.63) is 62.8 Å². The van der Waals surface area contributed by atoms with Crippen molar-refractivity contribution in [3.63, 3.8) is 0 Å². The molecule has 0 unspecified atom stereocenters. The van der Waals surface area contributed by atoms with Crippen molar-refractivity contribution in [2.24, 2.45) is 0 Å². The van der Waals surface area contributed by atoms with E-state index in [1.54, 1.807) is 17.4 Å². The Labute approximate surface area is 133 Å². The lowest BCUT2D eigenvalue weighted by Gasteiger charge is -2.16. The number of halogens is 1. The number of carbonyl (C=O) groups is 1. The monoisotopic (exact) mass is 321 g/mol. The van der Waals surface area contributed by atoms with Crippen molar-refractivity contribution in [1.29, 1.82) is 0 Å². The highest BCUT2D eigenvalue weighted by molar-refractivity contribution is 7.12. The van der Waals surface area contributed by atoms with Gasteiger partial charge in [-0.25, -0.2) is 4.79 Å². The molecule has 0 radical (unpaired) electrons. The minimum absolute atomic E-state index is 0.776. The second kappa shape index (κ2) is 7.41. The molecule has 110 valence electrons. The molecule has 3 nitrogen and oxygen atoms in total. The SMILES string of the molecule is CN(Cc1ccc(C=CC(=O)O)s1)Cc1ccccc1Cl. The quantitative estimate of drug-likeness (QED) is 0.813. The maximum atomic E-state index is 10.5. The van der Waals surface area contributed by atoms with E-state index in [-0.39, 0.29) is 0 Å². The molecule has 0 aliphatic heterocycles. The molecule has 2 aromatic rings. The van der Waals surface area contributed by atoms with Gasteiger partial charge in [-0.1, -0.05) is 29.8 Å². The highest BCUT2D eigenvalue weighted by Gasteiger charge is 2.06. The number of carboxylic acids is 1. The van der Waals surface area contributed by atoms with Crippen LogP contribution >= 0.6 is 22.9 Å². The standard InChI is InChI=1S/C16H16ClNO2S/c1-18(10-12-4-2-3-5-15(12)17)11-14-7-6-13(21-14)8-9-16(19)20/h2-9H,10-11H2,1H3,(H,19,20). The zero-order valence-electron chi connectivity index (χ0n) is 11.6. The highest BCUT2D eigenvalue weighted by atomic mass is 35.5. The van der Waals surface area contributed by atoms with Crippen LogP contribution < -0.4 is 0 Å². The van der Waals surface area contributed by atoms with Gasteiger partial charge in [0.05, 0.1) is 0 Å². The summed E-state index contributed by atoms with van der Waals surface area (Å²) >= 11 is 7.75. The Balaban J connectivity index is 1.95. The number of benzene rings is 1. The summed E-state index contributed by atoms with van der Waals surface area (Å²) in [5, 5.41) is 9.39. The van der Waals surface area contributed by atoms with Crippen LogP contribution in [0.3, 0.4) is 0 Å². The molecule has 21 heavy (non-hydrogen) atoms. The predicted octanol–water partition coefficient (Wildman–Crippen LogP) is 4.13. The lowest BCUT2D eigenvalue weighted by Crippen LogP contribution is -2.16. The van der Waals surface area contributed by atoms with Gasteiger partial charge in [-0.15, -0.1) is 11.3 Å². The molecule has 1 heterocycles. The van der Waals surface area contributed by atoms with E-state index in [4.69, 9.17) is 16.7 Å². The Hall–Kier alpha value is -1.62. The smallest absolute Gasteiger partial charge is 0.328 e. The van der Waals surface area contributed by atoms with Gasteiger partial charge in [0.1, 0.15) is 0 Å². The molecule has 0 aliphatic carbocycles. The second-order valence-corrected chi connectivity index (χ2v) is 6.35. The van der Waals surface area contributed by atoms with Crippen LogP contribution in [-0.4, -0.2) is 23.0 Å². The fourth-order valence-corrected chi connectivity index (χ4v) is 3.15. The maximum Gasteiger partial charge on any atom is 0.328 e. The summed E-state index contributed by atoms with van der Waals surface area (Å²) in [6.45, 7) is 1.58. The van der Waals surface area contributed by atoms with Gasteiger partial charge in [0.15, 0.2) is 0 Å². The van der Waals surface area contributed by atoms with Crippen LogP contribution in [0.2, 0.25) is 5.02 Å². The van der Waals surface area contributed by atoms with E-state index in [0.717, 1.165) is 34.6 Å². The lowest BCUT2D eigenvalue weighted by atomic mass is 10.2. The Bertz CT molecular complexity index is 651. The van der Waals surface area contributed by atoms with Crippen molar-refractivity contribution in [1.82, 2.24) is 4.90 Å². The number of rotatable bonds is 6. The molecule has 0 fully saturated rings. The fraction of sp³-hybridized carbons (Fsp3) is 0.188. The van der Waals surface area contributed by atoms with Crippen LogP contribution in [-0.2, 0) is 17.9 Å². The number of carboxylic acid groups (broad SMARTS) is 1. The Kier molecular flexibility index (Phi) is 5.56. The van der Waals surface area contributed by atoms with Crippen molar-refractivity contribution in [3.8, 4) is 0 Å². The molecular formula is C16H16ClNO2S. The first-order valence-electron chi connectivity index (χ1n) is 6.46. The van der Waals surface area contributed by atoms with Gasteiger partial charge < -0.3 is 5.11 Å². The maximum absolute atomic E-state index is 10.5.